The van der Waals surface area contributed by atoms with Crippen molar-refractivity contribution in [2.75, 3.05) is 30.8 Å². The van der Waals surface area contributed by atoms with Crippen LogP contribution in [0.5, 0.6) is 5.75 Å². The number of nitrogens with two attached hydrogens (primary N) is 1. The molecule has 0 saturated carbocycles. The lowest BCUT2D eigenvalue weighted by atomic mass is 9.99. The molecule has 7 nitrogen and oxygen atoms in total. The van der Waals surface area contributed by atoms with E-state index in [1.165, 1.54) is 11.3 Å². The summed E-state index contributed by atoms with van der Waals surface area (Å²) in [6, 6.07) is 20.7. The number of ether oxygens (including phenoxy) is 1. The second-order valence-electron chi connectivity index (χ2n) is 8.55. The molecule has 36 heavy (non-hydrogen) atoms. The Hall–Kier alpha value is -4.17. The van der Waals surface area contributed by atoms with Gasteiger partial charge < -0.3 is 15.4 Å². The number of nitrogens with zero attached hydrogens (tertiary/aromatic N) is 5. The van der Waals surface area contributed by atoms with Gasteiger partial charge in [0, 0.05) is 51.6 Å². The van der Waals surface area contributed by atoms with Crippen molar-refractivity contribution >= 4 is 50.6 Å². The molecule has 2 aromatic carbocycles. The molecule has 178 valence electrons. The molecule has 0 amide bonds. The van der Waals surface area contributed by atoms with E-state index in [9.17, 15) is 0 Å². The minimum atomic E-state index is 0.473. The van der Waals surface area contributed by atoms with Crippen LogP contribution in [0, 0.1) is 0 Å². The average Bonchev–Trinajstić information content (AvgIpc) is 2.94. The normalized spacial score (nSPS) is 13.7. The van der Waals surface area contributed by atoms with E-state index in [-0.39, 0.29) is 0 Å². The Morgan fingerprint density at radius 1 is 0.972 bits per heavy atom. The van der Waals surface area contributed by atoms with Crippen LogP contribution < -0.4 is 15.4 Å². The summed E-state index contributed by atoms with van der Waals surface area (Å²) >= 11 is 1.69. The van der Waals surface area contributed by atoms with Gasteiger partial charge in [-0.3, -0.25) is 4.98 Å². The van der Waals surface area contributed by atoms with Gasteiger partial charge in [-0.05, 0) is 42.3 Å². The zero-order chi connectivity index (χ0) is 24.5. The van der Waals surface area contributed by atoms with Crippen molar-refractivity contribution in [1.29, 1.82) is 0 Å². The van der Waals surface area contributed by atoms with Gasteiger partial charge in [-0.25, -0.2) is 4.98 Å². The fraction of sp³-hybridized carbons (Fsp3) is 0.143. The van der Waals surface area contributed by atoms with Crippen LogP contribution in [-0.2, 0) is 0 Å². The van der Waals surface area contributed by atoms with Crippen molar-refractivity contribution in [3.05, 3.63) is 84.8 Å². The second-order valence-corrected chi connectivity index (χ2v) is 9.67. The van der Waals surface area contributed by atoms with E-state index < -0.39 is 0 Å². The Balaban J connectivity index is 1.19. The van der Waals surface area contributed by atoms with Gasteiger partial charge in [0.2, 0.25) is 0 Å². The van der Waals surface area contributed by atoms with Crippen molar-refractivity contribution < 1.29 is 4.74 Å². The first-order valence-electron chi connectivity index (χ1n) is 11.7. The maximum atomic E-state index is 6.04. The molecule has 0 atom stereocenters. The molecule has 0 unspecified atom stereocenters. The summed E-state index contributed by atoms with van der Waals surface area (Å²) in [7, 11) is 1.63. The fourth-order valence-electron chi connectivity index (χ4n) is 4.51. The Kier molecular flexibility index (Phi) is 5.87. The topological polar surface area (TPSA) is 90.0 Å². The SMILES string of the molecule is COc1cnc2c(Sc3ccc(N4CC=C(c5nnc(N)c6ccccc56)CC4)cc3)ccnc2c1. The number of nitrogen functional groups attached to an aromatic ring is 1. The Labute approximate surface area is 213 Å². The summed E-state index contributed by atoms with van der Waals surface area (Å²) in [5, 5.41) is 10.6. The molecule has 1 aliphatic rings. The number of rotatable bonds is 5. The highest BCUT2D eigenvalue weighted by molar-refractivity contribution is 7.99. The molecule has 5 aromatic rings. The summed E-state index contributed by atoms with van der Waals surface area (Å²) in [5.41, 5.74) is 11.1. The molecule has 8 heteroatoms. The molecule has 6 rings (SSSR count). The summed E-state index contributed by atoms with van der Waals surface area (Å²) in [4.78, 5) is 13.6. The molecule has 4 heterocycles. The van der Waals surface area contributed by atoms with Gasteiger partial charge in [-0.15, -0.1) is 10.2 Å². The number of fused-ring (bicyclic) bond motifs is 2. The number of anilines is 2. The largest absolute Gasteiger partial charge is 0.495 e. The summed E-state index contributed by atoms with van der Waals surface area (Å²) < 4.78 is 5.28. The van der Waals surface area contributed by atoms with Crippen molar-refractivity contribution in [2.24, 2.45) is 0 Å². The molecule has 0 bridgehead atoms. The smallest absolute Gasteiger partial charge is 0.154 e. The third-order valence-electron chi connectivity index (χ3n) is 6.41. The van der Waals surface area contributed by atoms with Crippen LogP contribution in [-0.4, -0.2) is 40.4 Å². The number of hydrogen-bond donors (Lipinski definition) is 1. The van der Waals surface area contributed by atoms with Crippen molar-refractivity contribution in [3.8, 4) is 5.75 Å². The number of pyridine rings is 2. The molecule has 2 N–H and O–H groups in total. The lowest BCUT2D eigenvalue weighted by molar-refractivity contribution is 0.413. The fourth-order valence-corrected chi connectivity index (χ4v) is 5.42. The molecule has 0 spiro atoms. The van der Waals surface area contributed by atoms with Gasteiger partial charge in [-0.1, -0.05) is 42.1 Å². The third-order valence-corrected chi connectivity index (χ3v) is 7.47. The number of methoxy groups -OCH3 is 1. The first-order chi connectivity index (χ1) is 17.7. The van der Waals surface area contributed by atoms with Crippen molar-refractivity contribution in [1.82, 2.24) is 20.2 Å². The van der Waals surface area contributed by atoms with Gasteiger partial charge in [0.05, 0.1) is 24.5 Å². The van der Waals surface area contributed by atoms with E-state index in [1.807, 2.05) is 36.5 Å². The zero-order valence-corrected chi connectivity index (χ0v) is 20.6. The molecule has 3 aromatic heterocycles. The van der Waals surface area contributed by atoms with Crippen LogP contribution >= 0.6 is 11.8 Å². The molecule has 0 fully saturated rings. The van der Waals surface area contributed by atoms with E-state index in [4.69, 9.17) is 10.5 Å². The standard InChI is InChI=1S/C28H24N6OS/c1-35-20-16-24-27(31-17-20)25(10-13-30-24)36-21-8-6-19(7-9-21)34-14-11-18(12-15-34)26-22-4-2-3-5-23(22)28(29)33-32-26/h2-11,13,16-17H,12,14-15H2,1H3,(H2,29,33). The van der Waals surface area contributed by atoms with Gasteiger partial charge in [-0.2, -0.15) is 0 Å². The first kappa shape index (κ1) is 22.3. The minimum absolute atomic E-state index is 0.473. The third kappa shape index (κ3) is 4.20. The highest BCUT2D eigenvalue weighted by Crippen LogP contribution is 2.35. The Bertz CT molecular complexity index is 1600. The Morgan fingerprint density at radius 3 is 2.58 bits per heavy atom. The van der Waals surface area contributed by atoms with Crippen LogP contribution in [0.3, 0.4) is 0 Å². The number of benzene rings is 2. The summed E-state index contributed by atoms with van der Waals surface area (Å²) in [6.45, 7) is 1.74. The minimum Gasteiger partial charge on any atom is -0.495 e. The van der Waals surface area contributed by atoms with E-state index in [1.54, 1.807) is 25.1 Å². The van der Waals surface area contributed by atoms with Gasteiger partial charge >= 0.3 is 0 Å². The maximum absolute atomic E-state index is 6.04. The highest BCUT2D eigenvalue weighted by Gasteiger charge is 2.17. The van der Waals surface area contributed by atoms with Crippen LogP contribution in [0.25, 0.3) is 27.4 Å². The summed E-state index contributed by atoms with van der Waals surface area (Å²) in [6.07, 6.45) is 6.69. The average molecular weight is 493 g/mol. The van der Waals surface area contributed by atoms with Crippen molar-refractivity contribution in [2.45, 2.75) is 16.2 Å². The van der Waals surface area contributed by atoms with E-state index in [0.717, 1.165) is 56.8 Å². The van der Waals surface area contributed by atoms with Crippen LogP contribution in [0.15, 0.2) is 88.9 Å². The molecule has 0 aliphatic carbocycles. The van der Waals surface area contributed by atoms with Gasteiger partial charge in [0.15, 0.2) is 5.82 Å². The van der Waals surface area contributed by atoms with E-state index in [2.05, 4.69) is 61.5 Å². The van der Waals surface area contributed by atoms with E-state index >= 15 is 0 Å². The van der Waals surface area contributed by atoms with Crippen LogP contribution in [0.4, 0.5) is 11.5 Å². The summed E-state index contributed by atoms with van der Waals surface area (Å²) in [5.74, 6) is 1.18. The lowest BCUT2D eigenvalue weighted by Crippen LogP contribution is -2.28. The quantitative estimate of drug-likeness (QED) is 0.339. The molecular weight excluding hydrogens is 468 g/mol. The van der Waals surface area contributed by atoms with Crippen molar-refractivity contribution in [3.63, 3.8) is 0 Å². The number of aromatic nitrogens is 4. The first-order valence-corrected chi connectivity index (χ1v) is 12.5. The monoisotopic (exact) mass is 492 g/mol. The van der Waals surface area contributed by atoms with E-state index in [0.29, 0.717) is 11.6 Å². The highest BCUT2D eigenvalue weighted by atomic mass is 32.2. The zero-order valence-electron chi connectivity index (χ0n) is 19.8. The molecule has 0 radical (unpaired) electrons. The molecule has 0 saturated heterocycles. The maximum Gasteiger partial charge on any atom is 0.154 e. The molecular formula is C28H24N6OS. The van der Waals surface area contributed by atoms with Gasteiger partial charge in [0.25, 0.3) is 0 Å². The second kappa shape index (κ2) is 9.47. The van der Waals surface area contributed by atoms with Crippen LogP contribution in [0.2, 0.25) is 0 Å². The van der Waals surface area contributed by atoms with Crippen LogP contribution in [0.1, 0.15) is 12.1 Å². The number of hydrogen-bond acceptors (Lipinski definition) is 8. The van der Waals surface area contributed by atoms with Gasteiger partial charge in [0.1, 0.15) is 11.3 Å². The predicted molar refractivity (Wildman–Crippen MR) is 145 cm³/mol. The molecule has 1 aliphatic heterocycles. The predicted octanol–water partition coefficient (Wildman–Crippen LogP) is 5.61. The lowest BCUT2D eigenvalue weighted by Gasteiger charge is -2.28. The Morgan fingerprint density at radius 2 is 1.81 bits per heavy atom.